The Bertz CT molecular complexity index is 1180. The topological polar surface area (TPSA) is 84.9 Å². The summed E-state index contributed by atoms with van der Waals surface area (Å²) < 4.78 is 0. The van der Waals surface area contributed by atoms with Gasteiger partial charge in [0.1, 0.15) is 6.04 Å². The van der Waals surface area contributed by atoms with Crippen LogP contribution in [-0.2, 0) is 11.3 Å². The second-order valence-electron chi connectivity index (χ2n) is 9.32. The Hall–Kier alpha value is -3.68. The van der Waals surface area contributed by atoms with Crippen molar-refractivity contribution < 1.29 is 14.7 Å². The number of rotatable bonds is 6. The van der Waals surface area contributed by atoms with Gasteiger partial charge in [-0.15, -0.1) is 0 Å². The van der Waals surface area contributed by atoms with Gasteiger partial charge in [0.15, 0.2) is 0 Å². The number of hydrogen-bond acceptors (Lipinski definition) is 4. The molecule has 4 rings (SSSR count). The molecule has 1 fully saturated rings. The average molecular weight is 473 g/mol. The number of β-amino-alcohol motifs (C(OH)–C–C–N with tert-alkyl or cyclic N) is 1. The highest BCUT2D eigenvalue weighted by atomic mass is 16.3. The molecule has 0 saturated carbocycles. The summed E-state index contributed by atoms with van der Waals surface area (Å²) >= 11 is 0. The van der Waals surface area contributed by atoms with Crippen molar-refractivity contribution in [1.82, 2.24) is 9.80 Å². The summed E-state index contributed by atoms with van der Waals surface area (Å²) in [5.74, 6) is -0.318. The van der Waals surface area contributed by atoms with Gasteiger partial charge >= 0.3 is 6.03 Å². The van der Waals surface area contributed by atoms with Gasteiger partial charge < -0.3 is 25.5 Å². The van der Waals surface area contributed by atoms with E-state index in [0.717, 1.165) is 23.2 Å². The molecule has 0 unspecified atom stereocenters. The second-order valence-corrected chi connectivity index (χ2v) is 9.32. The van der Waals surface area contributed by atoms with Crippen LogP contribution >= 0.6 is 0 Å². The van der Waals surface area contributed by atoms with Crippen LogP contribution in [0.4, 0.5) is 16.2 Å². The van der Waals surface area contributed by atoms with Crippen molar-refractivity contribution in [2.24, 2.45) is 0 Å². The predicted molar refractivity (Wildman–Crippen MR) is 139 cm³/mol. The third kappa shape index (κ3) is 6.07. The van der Waals surface area contributed by atoms with Crippen LogP contribution in [0.15, 0.2) is 72.8 Å². The zero-order chi connectivity index (χ0) is 24.9. The molecule has 1 aliphatic heterocycles. The van der Waals surface area contributed by atoms with Crippen molar-refractivity contribution in [2.75, 3.05) is 31.3 Å². The monoisotopic (exact) mass is 472 g/mol. The molecule has 0 spiro atoms. The molecule has 2 atom stereocenters. The van der Waals surface area contributed by atoms with E-state index in [2.05, 4.69) is 27.7 Å². The van der Waals surface area contributed by atoms with E-state index in [1.54, 1.807) is 0 Å². The largest absolute Gasteiger partial charge is 0.391 e. The summed E-state index contributed by atoms with van der Waals surface area (Å²) in [6.07, 6.45) is -0.548. The molecular formula is C28H32N4O3. The zero-order valence-electron chi connectivity index (χ0n) is 20.4. The van der Waals surface area contributed by atoms with E-state index in [1.807, 2.05) is 81.7 Å². The zero-order valence-corrected chi connectivity index (χ0v) is 20.4. The lowest BCUT2D eigenvalue weighted by Gasteiger charge is -2.24. The Kier molecular flexibility index (Phi) is 7.48. The van der Waals surface area contributed by atoms with Crippen molar-refractivity contribution in [1.29, 1.82) is 0 Å². The summed E-state index contributed by atoms with van der Waals surface area (Å²) in [7, 11) is 4.08. The molecule has 0 bridgehead atoms. The van der Waals surface area contributed by atoms with Crippen molar-refractivity contribution in [3.8, 4) is 11.1 Å². The molecule has 7 nitrogen and oxygen atoms in total. The third-order valence-corrected chi connectivity index (χ3v) is 6.11. The normalized spacial score (nSPS) is 17.5. The van der Waals surface area contributed by atoms with Gasteiger partial charge in [-0.05, 0) is 62.0 Å². The number of likely N-dealkylation sites (tertiary alicyclic amines) is 1. The molecule has 3 N–H and O–H groups in total. The van der Waals surface area contributed by atoms with Crippen molar-refractivity contribution in [3.63, 3.8) is 0 Å². The Morgan fingerprint density at radius 2 is 1.57 bits per heavy atom. The lowest BCUT2D eigenvalue weighted by Crippen LogP contribution is -2.45. The average Bonchev–Trinajstić information content (AvgIpc) is 3.23. The molecule has 3 amide bonds. The molecule has 0 radical (unpaired) electrons. The molecule has 1 heterocycles. The predicted octanol–water partition coefficient (Wildman–Crippen LogP) is 4.33. The highest BCUT2D eigenvalue weighted by molar-refractivity contribution is 5.99. The second kappa shape index (κ2) is 10.7. The van der Waals surface area contributed by atoms with Gasteiger partial charge in [0.25, 0.3) is 0 Å². The summed E-state index contributed by atoms with van der Waals surface area (Å²) in [4.78, 5) is 29.4. The molecule has 3 aromatic rings. The minimum absolute atomic E-state index is 0.109. The Morgan fingerprint density at radius 1 is 0.943 bits per heavy atom. The number of aryl methyl sites for hydroxylation is 1. The maximum Gasteiger partial charge on any atom is 0.322 e. The van der Waals surface area contributed by atoms with E-state index >= 15 is 0 Å². The van der Waals surface area contributed by atoms with Crippen LogP contribution in [0.5, 0.6) is 0 Å². The minimum atomic E-state index is -0.754. The molecule has 182 valence electrons. The Balaban J connectivity index is 1.44. The van der Waals surface area contributed by atoms with E-state index in [9.17, 15) is 14.7 Å². The quantitative estimate of drug-likeness (QED) is 0.499. The van der Waals surface area contributed by atoms with Crippen LogP contribution in [0.2, 0.25) is 0 Å². The molecule has 1 aliphatic rings. The van der Waals surface area contributed by atoms with Crippen LogP contribution in [0.3, 0.4) is 0 Å². The maximum atomic E-state index is 13.1. The van der Waals surface area contributed by atoms with Gasteiger partial charge in [-0.3, -0.25) is 4.79 Å². The highest BCUT2D eigenvalue weighted by Crippen LogP contribution is 2.27. The number of amides is 3. The van der Waals surface area contributed by atoms with Gasteiger partial charge in [0.2, 0.25) is 5.91 Å². The fourth-order valence-corrected chi connectivity index (χ4v) is 4.36. The van der Waals surface area contributed by atoms with Gasteiger partial charge in [-0.1, -0.05) is 54.1 Å². The minimum Gasteiger partial charge on any atom is -0.391 e. The highest BCUT2D eigenvalue weighted by Gasteiger charge is 2.39. The number of aliphatic hydroxyl groups is 1. The number of benzene rings is 3. The first-order valence-electron chi connectivity index (χ1n) is 11.8. The molecule has 1 saturated heterocycles. The molecular weight excluding hydrogens is 440 g/mol. The summed E-state index contributed by atoms with van der Waals surface area (Å²) in [5.41, 5.74) is 5.82. The van der Waals surface area contributed by atoms with Crippen LogP contribution in [0.1, 0.15) is 17.5 Å². The van der Waals surface area contributed by atoms with Crippen LogP contribution in [-0.4, -0.2) is 59.6 Å². The molecule has 0 aromatic heterocycles. The first-order valence-corrected chi connectivity index (χ1v) is 11.8. The first-order chi connectivity index (χ1) is 16.8. The fourth-order valence-electron chi connectivity index (χ4n) is 4.36. The summed E-state index contributed by atoms with van der Waals surface area (Å²) in [6.45, 7) is 2.91. The summed E-state index contributed by atoms with van der Waals surface area (Å²) in [5, 5.41) is 15.9. The number of hydrogen-bond donors (Lipinski definition) is 3. The van der Waals surface area contributed by atoms with E-state index in [0.29, 0.717) is 11.4 Å². The van der Waals surface area contributed by atoms with E-state index < -0.39 is 18.2 Å². The Morgan fingerprint density at radius 3 is 2.26 bits per heavy atom. The van der Waals surface area contributed by atoms with E-state index in [-0.39, 0.29) is 18.9 Å². The van der Waals surface area contributed by atoms with Gasteiger partial charge in [-0.25, -0.2) is 4.79 Å². The Labute approximate surface area is 206 Å². The van der Waals surface area contributed by atoms with Gasteiger partial charge in [0, 0.05) is 30.9 Å². The number of carbonyl (C=O) groups is 2. The molecule has 7 heteroatoms. The fraction of sp³-hybridized carbons (Fsp3) is 0.286. The summed E-state index contributed by atoms with van der Waals surface area (Å²) in [6, 6.07) is 22.2. The van der Waals surface area contributed by atoms with Crippen molar-refractivity contribution >= 4 is 23.3 Å². The lowest BCUT2D eigenvalue weighted by atomic mass is 9.99. The number of anilines is 2. The van der Waals surface area contributed by atoms with Crippen molar-refractivity contribution in [2.45, 2.75) is 32.0 Å². The van der Waals surface area contributed by atoms with Crippen molar-refractivity contribution in [3.05, 3.63) is 83.9 Å². The van der Waals surface area contributed by atoms with Crippen LogP contribution < -0.4 is 10.6 Å². The van der Waals surface area contributed by atoms with Crippen LogP contribution in [0.25, 0.3) is 11.1 Å². The number of urea groups is 1. The number of aliphatic hydroxyl groups excluding tert-OH is 1. The first kappa shape index (κ1) is 24.4. The number of nitrogens with one attached hydrogen (secondary N) is 2. The van der Waals surface area contributed by atoms with E-state index in [1.165, 1.54) is 10.5 Å². The number of nitrogens with zero attached hydrogens (tertiary/aromatic N) is 2. The van der Waals surface area contributed by atoms with Crippen LogP contribution in [0, 0.1) is 6.92 Å². The number of carbonyl (C=O) groups excluding carboxylic acids is 2. The molecule has 35 heavy (non-hydrogen) atoms. The van der Waals surface area contributed by atoms with E-state index in [4.69, 9.17) is 0 Å². The molecule has 3 aromatic carbocycles. The smallest absolute Gasteiger partial charge is 0.322 e. The SMILES string of the molecule is Cc1ccc(NC(=O)N2C[C@H](O)C[C@@H]2C(=O)Nc2ccc(-c3ccccc3CN(C)C)cc2)cc1. The molecule has 0 aliphatic carbocycles. The standard InChI is InChI=1S/C28H32N4O3/c1-19-8-12-23(13-9-19)30-28(35)32-18-24(33)16-26(32)27(34)29-22-14-10-20(11-15-22)25-7-5-4-6-21(25)17-31(2)3/h4-15,24,26,33H,16-18H2,1-3H3,(H,29,34)(H,30,35)/t24-,26-/m1/s1. The van der Waals surface area contributed by atoms with Gasteiger partial charge in [0.05, 0.1) is 6.10 Å². The third-order valence-electron chi connectivity index (χ3n) is 6.11. The maximum absolute atomic E-state index is 13.1. The lowest BCUT2D eigenvalue weighted by molar-refractivity contribution is -0.119. The van der Waals surface area contributed by atoms with Gasteiger partial charge in [-0.2, -0.15) is 0 Å².